The van der Waals surface area contributed by atoms with Gasteiger partial charge in [0.25, 0.3) is 0 Å². The van der Waals surface area contributed by atoms with Gasteiger partial charge in [0, 0.05) is 17.6 Å². The van der Waals surface area contributed by atoms with Crippen molar-refractivity contribution in [1.82, 2.24) is 10.0 Å². The zero-order valence-electron chi connectivity index (χ0n) is 9.25. The van der Waals surface area contributed by atoms with Crippen LogP contribution >= 0.6 is 15.9 Å². The lowest BCUT2D eigenvalue weighted by Crippen LogP contribution is -2.30. The molecule has 0 aromatic heterocycles. The van der Waals surface area contributed by atoms with E-state index in [2.05, 4.69) is 26.0 Å². The van der Waals surface area contributed by atoms with Gasteiger partial charge in [0.15, 0.2) is 0 Å². The summed E-state index contributed by atoms with van der Waals surface area (Å²) in [4.78, 5) is 0.279. The molecule has 0 saturated carbocycles. The van der Waals surface area contributed by atoms with Crippen LogP contribution in [0.5, 0.6) is 0 Å². The molecule has 0 aliphatic rings. The van der Waals surface area contributed by atoms with Gasteiger partial charge in [-0.2, -0.15) is 0 Å². The van der Waals surface area contributed by atoms with Gasteiger partial charge >= 0.3 is 0 Å². The first-order valence-electron chi connectivity index (χ1n) is 4.88. The molecule has 0 amide bonds. The minimum atomic E-state index is -3.39. The first kappa shape index (κ1) is 13.6. The van der Waals surface area contributed by atoms with Crippen LogP contribution in [-0.4, -0.2) is 28.6 Å². The lowest BCUT2D eigenvalue weighted by Gasteiger charge is -2.07. The van der Waals surface area contributed by atoms with Crippen molar-refractivity contribution in [2.75, 3.05) is 20.1 Å². The van der Waals surface area contributed by atoms with E-state index in [-0.39, 0.29) is 4.90 Å². The van der Waals surface area contributed by atoms with Crippen molar-refractivity contribution in [3.8, 4) is 0 Å². The van der Waals surface area contributed by atoms with Crippen LogP contribution in [0.2, 0.25) is 0 Å². The molecule has 6 heteroatoms. The highest BCUT2D eigenvalue weighted by Gasteiger charge is 2.13. The second kappa shape index (κ2) is 5.77. The van der Waals surface area contributed by atoms with E-state index in [0.717, 1.165) is 10.0 Å². The first-order valence-corrected chi connectivity index (χ1v) is 7.15. The van der Waals surface area contributed by atoms with Gasteiger partial charge in [-0.3, -0.25) is 0 Å². The third kappa shape index (κ3) is 3.55. The fourth-order valence-corrected chi connectivity index (χ4v) is 2.72. The van der Waals surface area contributed by atoms with Gasteiger partial charge in [-0.1, -0.05) is 22.0 Å². The van der Waals surface area contributed by atoms with Crippen LogP contribution in [0, 0.1) is 6.92 Å². The van der Waals surface area contributed by atoms with Crippen molar-refractivity contribution in [2.24, 2.45) is 0 Å². The number of sulfonamides is 1. The molecule has 2 N–H and O–H groups in total. The van der Waals surface area contributed by atoms with Crippen molar-refractivity contribution in [2.45, 2.75) is 11.8 Å². The smallest absolute Gasteiger partial charge is 0.240 e. The first-order chi connectivity index (χ1) is 7.47. The van der Waals surface area contributed by atoms with Gasteiger partial charge in [0.1, 0.15) is 0 Å². The zero-order chi connectivity index (χ0) is 12.2. The van der Waals surface area contributed by atoms with Crippen LogP contribution in [0.4, 0.5) is 0 Å². The standard InChI is InChI=1S/C10H15BrN2O2S/c1-8-3-4-9(7-10(8)11)16(14,15)13-6-5-12-2/h3-4,7,12-13H,5-6H2,1-2H3. The van der Waals surface area contributed by atoms with Crippen molar-refractivity contribution in [1.29, 1.82) is 0 Å². The summed E-state index contributed by atoms with van der Waals surface area (Å²) in [6, 6.07) is 4.98. The van der Waals surface area contributed by atoms with E-state index in [9.17, 15) is 8.42 Å². The zero-order valence-corrected chi connectivity index (χ0v) is 11.7. The predicted octanol–water partition coefficient (Wildman–Crippen LogP) is 1.26. The van der Waals surface area contributed by atoms with E-state index in [4.69, 9.17) is 0 Å². The number of rotatable bonds is 5. The highest BCUT2D eigenvalue weighted by Crippen LogP contribution is 2.20. The minimum absolute atomic E-state index is 0.279. The van der Waals surface area contributed by atoms with E-state index >= 15 is 0 Å². The van der Waals surface area contributed by atoms with Crippen molar-refractivity contribution in [3.63, 3.8) is 0 Å². The molecular formula is C10H15BrN2O2S. The average Bonchev–Trinajstić information content (AvgIpc) is 2.22. The fraction of sp³-hybridized carbons (Fsp3) is 0.400. The third-order valence-electron chi connectivity index (χ3n) is 2.12. The lowest BCUT2D eigenvalue weighted by molar-refractivity contribution is 0.579. The fourth-order valence-electron chi connectivity index (χ4n) is 1.13. The van der Waals surface area contributed by atoms with Gasteiger partial charge in [-0.15, -0.1) is 0 Å². The molecule has 0 unspecified atom stereocenters. The summed E-state index contributed by atoms with van der Waals surface area (Å²) in [5.74, 6) is 0. The predicted molar refractivity (Wildman–Crippen MR) is 68.0 cm³/mol. The highest BCUT2D eigenvalue weighted by atomic mass is 79.9. The molecule has 0 saturated heterocycles. The number of halogens is 1. The summed E-state index contributed by atoms with van der Waals surface area (Å²) < 4.78 is 26.9. The maximum absolute atomic E-state index is 11.8. The normalized spacial score (nSPS) is 11.7. The Hall–Kier alpha value is -0.430. The van der Waals surface area contributed by atoms with E-state index in [0.29, 0.717) is 13.1 Å². The minimum Gasteiger partial charge on any atom is -0.318 e. The molecule has 0 spiro atoms. The molecule has 4 nitrogen and oxygen atoms in total. The van der Waals surface area contributed by atoms with Gasteiger partial charge in [-0.25, -0.2) is 13.1 Å². The molecule has 0 radical (unpaired) electrons. The van der Waals surface area contributed by atoms with Gasteiger partial charge in [0.2, 0.25) is 10.0 Å². The molecule has 0 bridgehead atoms. The number of nitrogens with one attached hydrogen (secondary N) is 2. The molecule has 1 rings (SSSR count). The molecular weight excluding hydrogens is 292 g/mol. The second-order valence-electron chi connectivity index (χ2n) is 3.41. The van der Waals surface area contributed by atoms with Crippen molar-refractivity contribution < 1.29 is 8.42 Å². The van der Waals surface area contributed by atoms with E-state index in [1.807, 2.05) is 6.92 Å². The maximum atomic E-state index is 11.8. The summed E-state index contributed by atoms with van der Waals surface area (Å²) in [5, 5.41) is 2.88. The number of benzene rings is 1. The second-order valence-corrected chi connectivity index (χ2v) is 6.03. The molecule has 1 aromatic carbocycles. The Balaban J connectivity index is 2.86. The molecule has 1 aromatic rings. The average molecular weight is 307 g/mol. The van der Waals surface area contributed by atoms with Crippen molar-refractivity contribution in [3.05, 3.63) is 28.2 Å². The molecule has 16 heavy (non-hydrogen) atoms. The molecule has 90 valence electrons. The van der Waals surface area contributed by atoms with Crippen LogP contribution < -0.4 is 10.0 Å². The van der Waals surface area contributed by atoms with Gasteiger partial charge in [0.05, 0.1) is 4.90 Å². The SMILES string of the molecule is CNCCNS(=O)(=O)c1ccc(C)c(Br)c1. The molecule has 0 fully saturated rings. The summed E-state index contributed by atoms with van der Waals surface area (Å²) in [6.45, 7) is 2.89. The Morgan fingerprint density at radius 2 is 2.00 bits per heavy atom. The van der Waals surface area contributed by atoms with Crippen LogP contribution in [0.1, 0.15) is 5.56 Å². The van der Waals surface area contributed by atoms with E-state index < -0.39 is 10.0 Å². The lowest BCUT2D eigenvalue weighted by atomic mass is 10.2. The summed E-state index contributed by atoms with van der Waals surface area (Å²) in [5.41, 5.74) is 1.01. The van der Waals surface area contributed by atoms with Crippen molar-refractivity contribution >= 4 is 26.0 Å². The summed E-state index contributed by atoms with van der Waals surface area (Å²) >= 11 is 3.32. The quantitative estimate of drug-likeness (QED) is 0.805. The number of aryl methyl sites for hydroxylation is 1. The van der Waals surface area contributed by atoms with Gasteiger partial charge < -0.3 is 5.32 Å². The topological polar surface area (TPSA) is 58.2 Å². The highest BCUT2D eigenvalue weighted by molar-refractivity contribution is 9.10. The van der Waals surface area contributed by atoms with E-state index in [1.165, 1.54) is 0 Å². The number of likely N-dealkylation sites (N-methyl/N-ethyl adjacent to an activating group) is 1. The maximum Gasteiger partial charge on any atom is 0.240 e. The number of hydrogen-bond donors (Lipinski definition) is 2. The summed E-state index contributed by atoms with van der Waals surface area (Å²) in [6.07, 6.45) is 0. The largest absolute Gasteiger partial charge is 0.318 e. The molecule has 0 heterocycles. The van der Waals surface area contributed by atoms with E-state index in [1.54, 1.807) is 25.2 Å². The number of hydrogen-bond acceptors (Lipinski definition) is 3. The monoisotopic (exact) mass is 306 g/mol. The summed E-state index contributed by atoms with van der Waals surface area (Å²) in [7, 11) is -1.62. The van der Waals surface area contributed by atoms with Gasteiger partial charge in [-0.05, 0) is 31.7 Å². The Labute approximate surface area is 105 Å². The Kier molecular flexibility index (Phi) is 4.91. The van der Waals surface area contributed by atoms with Crippen LogP contribution in [0.25, 0.3) is 0 Å². The Bertz CT molecular complexity index is 460. The third-order valence-corrected chi connectivity index (χ3v) is 4.43. The van der Waals surface area contributed by atoms with Crippen LogP contribution in [0.3, 0.4) is 0 Å². The van der Waals surface area contributed by atoms with Crippen LogP contribution in [-0.2, 0) is 10.0 Å². The Morgan fingerprint density at radius 1 is 1.31 bits per heavy atom. The Morgan fingerprint density at radius 3 is 2.56 bits per heavy atom. The molecule has 0 aliphatic heterocycles. The molecule has 0 atom stereocenters. The van der Waals surface area contributed by atoms with Crippen LogP contribution in [0.15, 0.2) is 27.6 Å². The molecule has 0 aliphatic carbocycles.